The number of piperidine rings is 1. The molecule has 1 aliphatic carbocycles. The number of halogens is 1. The van der Waals surface area contributed by atoms with Gasteiger partial charge < -0.3 is 15.5 Å². The van der Waals surface area contributed by atoms with Gasteiger partial charge in [0.15, 0.2) is 0 Å². The Morgan fingerprint density at radius 1 is 1.03 bits per heavy atom. The molecule has 2 aliphatic rings. The summed E-state index contributed by atoms with van der Waals surface area (Å²) in [7, 11) is 0. The van der Waals surface area contributed by atoms with Crippen molar-refractivity contribution in [2.45, 2.75) is 31.7 Å². The number of benzene rings is 2. The van der Waals surface area contributed by atoms with E-state index < -0.39 is 0 Å². The fraction of sp³-hybridized carbons (Fsp3) is 0.321. The molecule has 2 aromatic carbocycles. The maximum atomic E-state index is 13.0. The number of rotatable bonds is 6. The third-order valence-electron chi connectivity index (χ3n) is 7.01. The van der Waals surface area contributed by atoms with E-state index in [1.807, 2.05) is 42.7 Å². The molecule has 180 valence electrons. The number of aromatic nitrogens is 1. The van der Waals surface area contributed by atoms with Gasteiger partial charge in [-0.15, -0.1) is 0 Å². The van der Waals surface area contributed by atoms with Crippen molar-refractivity contribution < 1.29 is 9.59 Å². The van der Waals surface area contributed by atoms with Crippen molar-refractivity contribution in [1.29, 1.82) is 0 Å². The molecule has 7 heteroatoms. The molecule has 1 fully saturated rings. The number of carbonyl (C=O) groups is 2. The molecule has 0 radical (unpaired) electrons. The number of nitrogens with one attached hydrogen (secondary N) is 2. The van der Waals surface area contributed by atoms with Crippen LogP contribution in [-0.2, 0) is 6.42 Å². The molecule has 2 amide bonds. The molecule has 0 bridgehead atoms. The lowest BCUT2D eigenvalue weighted by molar-refractivity contribution is 0.0934. The Balaban J connectivity index is 1.21. The van der Waals surface area contributed by atoms with E-state index in [2.05, 4.69) is 20.5 Å². The minimum atomic E-state index is -0.195. The molecule has 2 atom stereocenters. The van der Waals surface area contributed by atoms with Crippen LogP contribution in [0.3, 0.4) is 0 Å². The van der Waals surface area contributed by atoms with Crippen LogP contribution >= 0.6 is 11.6 Å². The second-order valence-electron chi connectivity index (χ2n) is 9.33. The molecule has 0 spiro atoms. The molecule has 6 nitrogen and oxygen atoms in total. The molecule has 1 saturated heterocycles. The summed E-state index contributed by atoms with van der Waals surface area (Å²) in [6, 6.07) is 16.8. The zero-order valence-corrected chi connectivity index (χ0v) is 20.3. The van der Waals surface area contributed by atoms with E-state index in [1.54, 1.807) is 24.3 Å². The van der Waals surface area contributed by atoms with Gasteiger partial charge in [0.05, 0.1) is 16.6 Å². The molecular formula is C28H29ClN4O2. The number of aryl methyl sites for hydroxylation is 1. The van der Waals surface area contributed by atoms with Crippen molar-refractivity contribution in [2.75, 3.05) is 24.5 Å². The molecule has 3 aromatic rings. The predicted octanol–water partition coefficient (Wildman–Crippen LogP) is 4.80. The Morgan fingerprint density at radius 2 is 1.86 bits per heavy atom. The van der Waals surface area contributed by atoms with Gasteiger partial charge in [0.2, 0.25) is 0 Å². The zero-order chi connectivity index (χ0) is 24.2. The second-order valence-corrected chi connectivity index (χ2v) is 9.74. The third-order valence-corrected chi connectivity index (χ3v) is 7.34. The second kappa shape index (κ2) is 10.5. The lowest BCUT2D eigenvalue weighted by Gasteiger charge is -2.34. The first kappa shape index (κ1) is 23.4. The Bertz CT molecular complexity index is 1220. The lowest BCUT2D eigenvalue weighted by atomic mass is 9.97. The number of pyridine rings is 1. The van der Waals surface area contributed by atoms with Gasteiger partial charge in [0.25, 0.3) is 11.8 Å². The summed E-state index contributed by atoms with van der Waals surface area (Å²) < 4.78 is 0. The van der Waals surface area contributed by atoms with E-state index in [0.717, 1.165) is 44.3 Å². The summed E-state index contributed by atoms with van der Waals surface area (Å²) >= 11 is 6.19. The maximum absolute atomic E-state index is 13.0. The van der Waals surface area contributed by atoms with Gasteiger partial charge in [0, 0.05) is 43.3 Å². The van der Waals surface area contributed by atoms with Crippen LogP contribution in [0.15, 0.2) is 67.0 Å². The average molecular weight is 489 g/mol. The van der Waals surface area contributed by atoms with E-state index in [9.17, 15) is 9.59 Å². The van der Waals surface area contributed by atoms with E-state index >= 15 is 0 Å². The lowest BCUT2D eigenvalue weighted by Crippen LogP contribution is -2.41. The molecule has 2 heterocycles. The van der Waals surface area contributed by atoms with Crippen molar-refractivity contribution in [1.82, 2.24) is 15.6 Å². The highest BCUT2D eigenvalue weighted by Gasteiger charge is 2.26. The van der Waals surface area contributed by atoms with Gasteiger partial charge in [-0.3, -0.25) is 14.6 Å². The highest BCUT2D eigenvalue weighted by Crippen LogP contribution is 2.32. The van der Waals surface area contributed by atoms with Gasteiger partial charge in [-0.2, -0.15) is 0 Å². The molecule has 2 N–H and O–H groups in total. The number of amides is 2. The molecular weight excluding hydrogens is 460 g/mol. The number of fused-ring (bicyclic) bond motifs is 1. The van der Waals surface area contributed by atoms with Crippen LogP contribution in [0.4, 0.5) is 5.69 Å². The van der Waals surface area contributed by atoms with Crippen LogP contribution in [0, 0.1) is 5.92 Å². The topological polar surface area (TPSA) is 74.3 Å². The van der Waals surface area contributed by atoms with Gasteiger partial charge in [-0.25, -0.2) is 0 Å². The number of nitrogens with zero attached hydrogens (tertiary/aromatic N) is 2. The molecule has 1 aliphatic heterocycles. The SMILES string of the molecule is O=C(NCC1CCCN(c2ccncc2)C1)c1ccc2c(c1)[C@H](NC(=O)c1ccccc1Cl)CC2. The highest BCUT2D eigenvalue weighted by molar-refractivity contribution is 6.33. The normalized spacial score (nSPS) is 19.2. The minimum absolute atomic E-state index is 0.0723. The standard InChI is InChI=1S/C28H29ClN4O2/c29-25-6-2-1-5-23(25)28(35)32-26-10-9-20-7-8-21(16-24(20)26)27(34)31-17-19-4-3-15-33(18-19)22-11-13-30-14-12-22/h1-2,5-8,11-14,16,19,26H,3-4,9-10,15,17-18H2,(H,31,34)(H,32,35)/t19?,26-/m1/s1. The zero-order valence-electron chi connectivity index (χ0n) is 19.5. The minimum Gasteiger partial charge on any atom is -0.371 e. The van der Waals surface area contributed by atoms with Crippen LogP contribution in [0.1, 0.15) is 57.1 Å². The average Bonchev–Trinajstić information content (AvgIpc) is 3.30. The monoisotopic (exact) mass is 488 g/mol. The van der Waals surface area contributed by atoms with E-state index in [-0.39, 0.29) is 17.9 Å². The van der Waals surface area contributed by atoms with Crippen molar-refractivity contribution in [2.24, 2.45) is 5.92 Å². The fourth-order valence-corrected chi connectivity index (χ4v) is 5.36. The summed E-state index contributed by atoms with van der Waals surface area (Å²) in [6.45, 7) is 2.59. The van der Waals surface area contributed by atoms with Gasteiger partial charge in [0.1, 0.15) is 0 Å². The maximum Gasteiger partial charge on any atom is 0.253 e. The van der Waals surface area contributed by atoms with Crippen molar-refractivity contribution >= 4 is 29.1 Å². The van der Waals surface area contributed by atoms with Gasteiger partial charge >= 0.3 is 0 Å². The predicted molar refractivity (Wildman–Crippen MR) is 138 cm³/mol. The number of anilines is 1. The summed E-state index contributed by atoms with van der Waals surface area (Å²) in [4.78, 5) is 32.2. The first-order chi connectivity index (χ1) is 17.1. The van der Waals surface area contributed by atoms with E-state index in [1.165, 1.54) is 11.3 Å². The Labute approximate surface area is 210 Å². The fourth-order valence-electron chi connectivity index (χ4n) is 5.13. The Hall–Kier alpha value is -3.38. The number of hydrogen-bond donors (Lipinski definition) is 2. The summed E-state index contributed by atoms with van der Waals surface area (Å²) in [5.41, 5.74) is 4.46. The molecule has 1 unspecified atom stereocenters. The van der Waals surface area contributed by atoms with Crippen molar-refractivity contribution in [3.8, 4) is 0 Å². The van der Waals surface area contributed by atoms with E-state index in [0.29, 0.717) is 28.6 Å². The number of carbonyl (C=O) groups excluding carboxylic acids is 2. The first-order valence-electron chi connectivity index (χ1n) is 12.2. The van der Waals surface area contributed by atoms with Gasteiger partial charge in [-0.1, -0.05) is 29.8 Å². The van der Waals surface area contributed by atoms with Crippen molar-refractivity contribution in [3.05, 3.63) is 94.3 Å². The van der Waals surface area contributed by atoms with E-state index in [4.69, 9.17) is 11.6 Å². The summed E-state index contributed by atoms with van der Waals surface area (Å²) in [6.07, 6.45) is 7.52. The molecule has 1 aromatic heterocycles. The molecule has 5 rings (SSSR count). The van der Waals surface area contributed by atoms with Crippen LogP contribution in [-0.4, -0.2) is 36.4 Å². The third kappa shape index (κ3) is 5.33. The molecule has 35 heavy (non-hydrogen) atoms. The first-order valence-corrected chi connectivity index (χ1v) is 12.6. The Kier molecular flexibility index (Phi) is 7.00. The van der Waals surface area contributed by atoms with Gasteiger partial charge in [-0.05, 0) is 79.1 Å². The van der Waals surface area contributed by atoms with Crippen LogP contribution < -0.4 is 15.5 Å². The molecule has 0 saturated carbocycles. The smallest absolute Gasteiger partial charge is 0.253 e. The quantitative estimate of drug-likeness (QED) is 0.522. The Morgan fingerprint density at radius 3 is 2.69 bits per heavy atom. The summed E-state index contributed by atoms with van der Waals surface area (Å²) in [5.74, 6) is 0.134. The summed E-state index contributed by atoms with van der Waals surface area (Å²) in [5, 5.41) is 6.67. The highest BCUT2D eigenvalue weighted by atomic mass is 35.5. The van der Waals surface area contributed by atoms with Crippen LogP contribution in [0.2, 0.25) is 5.02 Å². The largest absolute Gasteiger partial charge is 0.371 e. The van der Waals surface area contributed by atoms with Crippen LogP contribution in [0.25, 0.3) is 0 Å². The van der Waals surface area contributed by atoms with Crippen molar-refractivity contribution in [3.63, 3.8) is 0 Å². The van der Waals surface area contributed by atoms with Crippen LogP contribution in [0.5, 0.6) is 0 Å². The number of hydrogen-bond acceptors (Lipinski definition) is 4.